The molecule has 1 aromatic carbocycles. The van der Waals surface area contributed by atoms with Crippen LogP contribution in [-0.2, 0) is 11.0 Å². The van der Waals surface area contributed by atoms with Crippen LogP contribution in [0.15, 0.2) is 24.3 Å². The molecular formula is C15H16F3NO2. The Labute approximate surface area is 120 Å². The SMILES string of the molecule is CC(=O)CC1CCCN1C(=O)c1ccc(C(F)(F)F)cc1. The normalized spacial score (nSPS) is 18.9. The molecule has 0 bridgehead atoms. The second-order valence-electron chi connectivity index (χ2n) is 5.28. The van der Waals surface area contributed by atoms with Crippen molar-refractivity contribution < 1.29 is 22.8 Å². The number of nitrogens with zero attached hydrogens (tertiary/aromatic N) is 1. The molecule has 0 spiro atoms. The zero-order valence-electron chi connectivity index (χ0n) is 11.6. The molecule has 6 heteroatoms. The Kier molecular flexibility index (Phi) is 4.34. The van der Waals surface area contributed by atoms with Crippen LogP contribution in [0.5, 0.6) is 0 Å². The van der Waals surface area contributed by atoms with Crippen molar-refractivity contribution >= 4 is 11.7 Å². The summed E-state index contributed by atoms with van der Waals surface area (Å²) in [7, 11) is 0. The lowest BCUT2D eigenvalue weighted by molar-refractivity contribution is -0.137. The molecule has 2 rings (SSSR count). The summed E-state index contributed by atoms with van der Waals surface area (Å²) in [4.78, 5) is 25.1. The Hall–Kier alpha value is -1.85. The molecule has 1 amide bonds. The molecule has 1 unspecified atom stereocenters. The van der Waals surface area contributed by atoms with E-state index in [0.29, 0.717) is 13.0 Å². The van der Waals surface area contributed by atoms with Crippen LogP contribution in [0.4, 0.5) is 13.2 Å². The van der Waals surface area contributed by atoms with Crippen molar-refractivity contribution in [2.45, 2.75) is 38.4 Å². The summed E-state index contributed by atoms with van der Waals surface area (Å²) < 4.78 is 37.5. The highest BCUT2D eigenvalue weighted by molar-refractivity contribution is 5.95. The zero-order chi connectivity index (χ0) is 15.6. The molecule has 1 aromatic rings. The predicted molar refractivity (Wildman–Crippen MR) is 70.8 cm³/mol. The maximum atomic E-state index is 12.5. The Morgan fingerprint density at radius 1 is 1.24 bits per heavy atom. The monoisotopic (exact) mass is 299 g/mol. The third-order valence-electron chi connectivity index (χ3n) is 3.62. The first-order chi connectivity index (χ1) is 9.79. The van der Waals surface area contributed by atoms with Gasteiger partial charge in [-0.1, -0.05) is 0 Å². The van der Waals surface area contributed by atoms with Crippen LogP contribution < -0.4 is 0 Å². The van der Waals surface area contributed by atoms with E-state index in [2.05, 4.69) is 0 Å². The van der Waals surface area contributed by atoms with E-state index >= 15 is 0 Å². The Morgan fingerprint density at radius 2 is 1.86 bits per heavy atom. The lowest BCUT2D eigenvalue weighted by atomic mass is 10.1. The minimum atomic E-state index is -4.41. The summed E-state index contributed by atoms with van der Waals surface area (Å²) in [5, 5.41) is 0. The Balaban J connectivity index is 2.14. The van der Waals surface area contributed by atoms with Gasteiger partial charge in [-0.25, -0.2) is 0 Å². The maximum Gasteiger partial charge on any atom is 0.416 e. The molecule has 1 saturated heterocycles. The number of likely N-dealkylation sites (tertiary alicyclic amines) is 1. The first-order valence-electron chi connectivity index (χ1n) is 6.76. The predicted octanol–water partition coefficient (Wildman–Crippen LogP) is 3.29. The first-order valence-corrected chi connectivity index (χ1v) is 6.76. The molecule has 3 nitrogen and oxygen atoms in total. The quantitative estimate of drug-likeness (QED) is 0.859. The molecule has 1 aliphatic heterocycles. The van der Waals surface area contributed by atoms with E-state index in [0.717, 1.165) is 25.0 Å². The van der Waals surface area contributed by atoms with Gasteiger partial charge in [0.05, 0.1) is 5.56 Å². The summed E-state index contributed by atoms with van der Waals surface area (Å²) in [6.07, 6.45) is -2.55. The van der Waals surface area contributed by atoms with E-state index in [1.807, 2.05) is 0 Å². The minimum Gasteiger partial charge on any atom is -0.335 e. The fourth-order valence-corrected chi connectivity index (χ4v) is 2.61. The third-order valence-corrected chi connectivity index (χ3v) is 3.62. The van der Waals surface area contributed by atoms with E-state index in [1.54, 1.807) is 4.90 Å². The fourth-order valence-electron chi connectivity index (χ4n) is 2.61. The van der Waals surface area contributed by atoms with Gasteiger partial charge >= 0.3 is 6.18 Å². The Morgan fingerprint density at radius 3 is 2.38 bits per heavy atom. The third kappa shape index (κ3) is 3.62. The van der Waals surface area contributed by atoms with Crippen LogP contribution >= 0.6 is 0 Å². The van der Waals surface area contributed by atoms with Crippen molar-refractivity contribution in [1.29, 1.82) is 0 Å². The summed E-state index contributed by atoms with van der Waals surface area (Å²) in [5.74, 6) is -0.306. The van der Waals surface area contributed by atoms with Crippen molar-refractivity contribution in [3.8, 4) is 0 Å². The van der Waals surface area contributed by atoms with Crippen LogP contribution in [0.1, 0.15) is 42.1 Å². The second-order valence-corrected chi connectivity index (χ2v) is 5.28. The summed E-state index contributed by atoms with van der Waals surface area (Å²) >= 11 is 0. The molecule has 0 saturated carbocycles. The standard InChI is InChI=1S/C15H16F3NO2/c1-10(20)9-13-3-2-8-19(13)14(21)11-4-6-12(7-5-11)15(16,17)18/h4-7,13H,2-3,8-9H2,1H3. The van der Waals surface area contributed by atoms with Crippen LogP contribution in [-0.4, -0.2) is 29.2 Å². The molecule has 1 atom stereocenters. The van der Waals surface area contributed by atoms with E-state index in [-0.39, 0.29) is 23.3 Å². The highest BCUT2D eigenvalue weighted by Crippen LogP contribution is 2.30. The van der Waals surface area contributed by atoms with Crippen LogP contribution in [0, 0.1) is 0 Å². The van der Waals surface area contributed by atoms with E-state index in [9.17, 15) is 22.8 Å². The first kappa shape index (κ1) is 15.5. The van der Waals surface area contributed by atoms with Gasteiger partial charge in [-0.2, -0.15) is 13.2 Å². The van der Waals surface area contributed by atoms with Gasteiger partial charge in [-0.05, 0) is 44.0 Å². The van der Waals surface area contributed by atoms with Gasteiger partial charge in [0.2, 0.25) is 0 Å². The highest BCUT2D eigenvalue weighted by Gasteiger charge is 2.32. The number of alkyl halides is 3. The van der Waals surface area contributed by atoms with Gasteiger partial charge in [0.15, 0.2) is 0 Å². The molecule has 0 N–H and O–H groups in total. The number of rotatable bonds is 3. The number of halogens is 3. The van der Waals surface area contributed by atoms with Gasteiger partial charge in [-0.15, -0.1) is 0 Å². The van der Waals surface area contributed by atoms with Crippen LogP contribution in [0.2, 0.25) is 0 Å². The molecule has 0 aliphatic carbocycles. The number of Topliss-reactive ketones (excluding diaryl/α,β-unsaturated/α-hetero) is 1. The lowest BCUT2D eigenvalue weighted by Crippen LogP contribution is -2.36. The van der Waals surface area contributed by atoms with Gasteiger partial charge < -0.3 is 4.90 Å². The number of carbonyl (C=O) groups excluding carboxylic acids is 2. The largest absolute Gasteiger partial charge is 0.416 e. The summed E-state index contributed by atoms with van der Waals surface area (Å²) in [6.45, 7) is 2.01. The van der Waals surface area contributed by atoms with Gasteiger partial charge in [-0.3, -0.25) is 9.59 Å². The molecule has 1 fully saturated rings. The van der Waals surface area contributed by atoms with Crippen molar-refractivity contribution in [2.24, 2.45) is 0 Å². The average Bonchev–Trinajstić information content (AvgIpc) is 2.84. The highest BCUT2D eigenvalue weighted by atomic mass is 19.4. The summed E-state index contributed by atoms with van der Waals surface area (Å²) in [6, 6.07) is 4.05. The molecule has 1 aliphatic rings. The minimum absolute atomic E-state index is 0.00659. The number of benzene rings is 1. The van der Waals surface area contributed by atoms with Crippen LogP contribution in [0.25, 0.3) is 0 Å². The molecule has 0 aromatic heterocycles. The van der Waals surface area contributed by atoms with Gasteiger partial charge in [0.1, 0.15) is 5.78 Å². The number of hydrogen-bond acceptors (Lipinski definition) is 2. The molecule has 21 heavy (non-hydrogen) atoms. The molecule has 1 heterocycles. The maximum absolute atomic E-state index is 12.5. The van der Waals surface area contributed by atoms with Crippen molar-refractivity contribution in [2.75, 3.05) is 6.54 Å². The number of carbonyl (C=O) groups is 2. The van der Waals surface area contributed by atoms with E-state index < -0.39 is 11.7 Å². The van der Waals surface area contributed by atoms with Gasteiger partial charge in [0.25, 0.3) is 5.91 Å². The Bertz CT molecular complexity index is 537. The van der Waals surface area contributed by atoms with Gasteiger partial charge in [0, 0.05) is 24.6 Å². The van der Waals surface area contributed by atoms with E-state index in [1.165, 1.54) is 19.1 Å². The van der Waals surface area contributed by atoms with Crippen molar-refractivity contribution in [3.05, 3.63) is 35.4 Å². The number of hydrogen-bond donors (Lipinski definition) is 0. The smallest absolute Gasteiger partial charge is 0.335 e. The molecule has 0 radical (unpaired) electrons. The molecule has 114 valence electrons. The zero-order valence-corrected chi connectivity index (χ0v) is 11.6. The average molecular weight is 299 g/mol. The second kappa shape index (κ2) is 5.87. The van der Waals surface area contributed by atoms with E-state index in [4.69, 9.17) is 0 Å². The summed E-state index contributed by atoms with van der Waals surface area (Å²) in [5.41, 5.74) is -0.556. The molecular weight excluding hydrogens is 283 g/mol. The fraction of sp³-hybridized carbons (Fsp3) is 0.467. The van der Waals surface area contributed by atoms with Crippen molar-refractivity contribution in [3.63, 3.8) is 0 Å². The van der Waals surface area contributed by atoms with Crippen molar-refractivity contribution in [1.82, 2.24) is 4.90 Å². The lowest BCUT2D eigenvalue weighted by Gasteiger charge is -2.24. The van der Waals surface area contributed by atoms with Crippen LogP contribution in [0.3, 0.4) is 0 Å². The topological polar surface area (TPSA) is 37.4 Å². The number of amides is 1. The number of ketones is 1.